The van der Waals surface area contributed by atoms with Crippen LogP contribution in [0.4, 0.5) is 5.69 Å². The van der Waals surface area contributed by atoms with E-state index in [0.717, 1.165) is 55.3 Å². The van der Waals surface area contributed by atoms with Crippen LogP contribution in [0.15, 0.2) is 59.5 Å². The second-order valence-electron chi connectivity index (χ2n) is 14.3. The van der Waals surface area contributed by atoms with Crippen molar-refractivity contribution in [3.05, 3.63) is 66.0 Å². The average molecular weight is 650 g/mol. The van der Waals surface area contributed by atoms with Gasteiger partial charge in [-0.15, -0.1) is 0 Å². The maximum atomic E-state index is 14.3. The third-order valence-electron chi connectivity index (χ3n) is 11.3. The summed E-state index contributed by atoms with van der Waals surface area (Å²) in [4.78, 5) is 16.5. The molecule has 3 aromatic rings. The van der Waals surface area contributed by atoms with Gasteiger partial charge in [-0.1, -0.05) is 24.3 Å². The summed E-state index contributed by atoms with van der Waals surface area (Å²) in [5.74, 6) is 0.461. The van der Waals surface area contributed by atoms with Crippen molar-refractivity contribution in [2.45, 2.75) is 80.4 Å². The summed E-state index contributed by atoms with van der Waals surface area (Å²) in [6.45, 7) is 0.625. The van der Waals surface area contributed by atoms with Crippen LogP contribution in [-0.2, 0) is 36.9 Å². The smallest absolute Gasteiger partial charge is 0.230 e. The van der Waals surface area contributed by atoms with Crippen LogP contribution in [0.5, 0.6) is 0 Å². The Morgan fingerprint density at radius 1 is 0.911 bits per heavy atom. The largest absolute Gasteiger partial charge is 0.312 e. The maximum absolute atomic E-state index is 14.3. The molecule has 1 aromatic heterocycles. The molecule has 5 aliphatic rings. The summed E-state index contributed by atoms with van der Waals surface area (Å²) in [6, 6.07) is 17.2. The second-order valence-corrected chi connectivity index (χ2v) is 18.6. The Labute approximate surface area is 267 Å². The molecule has 0 atom stereocenters. The third-order valence-corrected chi connectivity index (χ3v) is 14.1. The van der Waals surface area contributed by atoms with Crippen molar-refractivity contribution in [3.63, 3.8) is 0 Å². The lowest BCUT2D eigenvalue weighted by Gasteiger charge is -2.54. The quantitative estimate of drug-likeness (QED) is 0.305. The fourth-order valence-corrected chi connectivity index (χ4v) is 10.3. The van der Waals surface area contributed by atoms with Crippen LogP contribution in [0.3, 0.4) is 0 Å². The third kappa shape index (κ3) is 6.00. The number of aryl methyl sites for hydroxylation is 1. The van der Waals surface area contributed by atoms with E-state index in [0.29, 0.717) is 25.3 Å². The number of aromatic nitrogens is 2. The molecule has 1 saturated heterocycles. The van der Waals surface area contributed by atoms with Crippen molar-refractivity contribution in [1.29, 1.82) is 0 Å². The number of amides is 1. The normalized spacial score (nSPS) is 26.5. The van der Waals surface area contributed by atoms with E-state index in [1.807, 2.05) is 29.2 Å². The van der Waals surface area contributed by atoms with Crippen molar-refractivity contribution < 1.29 is 21.6 Å². The lowest BCUT2D eigenvalue weighted by molar-refractivity contribution is -0.123. The van der Waals surface area contributed by atoms with Crippen LogP contribution in [0.1, 0.15) is 81.5 Å². The fourth-order valence-electron chi connectivity index (χ4n) is 8.19. The van der Waals surface area contributed by atoms with Crippen molar-refractivity contribution in [2.75, 3.05) is 29.2 Å². The Kier molecular flexibility index (Phi) is 7.55. The average Bonchev–Trinajstić information content (AvgIpc) is 3.81. The number of fused-ring (bicyclic) bond motifs is 3. The number of anilines is 1. The Morgan fingerprint density at radius 2 is 1.56 bits per heavy atom. The zero-order valence-corrected chi connectivity index (χ0v) is 27.9. The lowest BCUT2D eigenvalue weighted by atomic mass is 9.52. The zero-order chi connectivity index (χ0) is 31.6. The summed E-state index contributed by atoms with van der Waals surface area (Å²) in [7, 11) is -4.30. The number of hydrogen-bond acceptors (Lipinski definition) is 6. The van der Waals surface area contributed by atoms with Crippen molar-refractivity contribution in [2.24, 2.45) is 18.4 Å². The van der Waals surface area contributed by atoms with E-state index >= 15 is 0 Å². The molecular weight excluding hydrogens is 607 g/mol. The van der Waals surface area contributed by atoms with E-state index < -0.39 is 19.7 Å². The topological polar surface area (TPSA) is 106 Å². The molecule has 4 saturated carbocycles. The van der Waals surface area contributed by atoms with Gasteiger partial charge >= 0.3 is 0 Å². The predicted octanol–water partition coefficient (Wildman–Crippen LogP) is 5.82. The first-order chi connectivity index (χ1) is 21.4. The molecule has 0 radical (unpaired) electrons. The highest BCUT2D eigenvalue weighted by molar-refractivity contribution is 7.91. The maximum Gasteiger partial charge on any atom is 0.230 e. The highest BCUT2D eigenvalue weighted by Crippen LogP contribution is 2.58. The van der Waals surface area contributed by atoms with Gasteiger partial charge in [0.2, 0.25) is 5.91 Å². The van der Waals surface area contributed by atoms with E-state index in [1.165, 1.54) is 30.5 Å². The van der Waals surface area contributed by atoms with Gasteiger partial charge in [0, 0.05) is 48.5 Å². The van der Waals surface area contributed by atoms with Crippen LogP contribution in [0.2, 0.25) is 0 Å². The molecule has 1 amide bonds. The van der Waals surface area contributed by atoms with Gasteiger partial charge in [-0.05, 0) is 111 Å². The summed E-state index contributed by atoms with van der Waals surface area (Å²) < 4.78 is 50.6. The van der Waals surface area contributed by atoms with Crippen LogP contribution >= 0.6 is 0 Å². The van der Waals surface area contributed by atoms with Gasteiger partial charge in [-0.3, -0.25) is 9.48 Å². The molecule has 0 unspecified atom stereocenters. The minimum absolute atomic E-state index is 0.0171. The SMILES string of the molecule is Cn1nc(C2CC2)cc1C12CCC(CN(C(=O)C3CCS(=O)(=O)CC3)c3cccc(-c4ccc(S(C)(=O)=O)cc4)c3)(CC1)CC2. The number of benzene rings is 2. The van der Waals surface area contributed by atoms with Gasteiger partial charge < -0.3 is 4.90 Å². The summed E-state index contributed by atoms with van der Waals surface area (Å²) in [5, 5.41) is 4.89. The molecule has 8 nitrogen and oxygen atoms in total. The molecule has 4 aliphatic carbocycles. The Bertz CT molecular complexity index is 1800. The zero-order valence-electron chi connectivity index (χ0n) is 26.2. The van der Waals surface area contributed by atoms with Crippen LogP contribution in [-0.4, -0.2) is 56.8 Å². The highest BCUT2D eigenvalue weighted by atomic mass is 32.2. The van der Waals surface area contributed by atoms with E-state index in [9.17, 15) is 21.6 Å². The van der Waals surface area contributed by atoms with Crippen LogP contribution < -0.4 is 4.90 Å². The summed E-state index contributed by atoms with van der Waals surface area (Å²) in [5.41, 5.74) is 5.40. The van der Waals surface area contributed by atoms with Gasteiger partial charge in [0.1, 0.15) is 9.84 Å². The number of nitrogens with zero attached hydrogens (tertiary/aromatic N) is 3. The molecule has 2 aromatic carbocycles. The molecule has 2 bridgehead atoms. The molecule has 1 aliphatic heterocycles. The Balaban J connectivity index is 1.16. The van der Waals surface area contributed by atoms with Gasteiger partial charge in [-0.2, -0.15) is 5.10 Å². The number of carbonyl (C=O) groups is 1. The molecule has 0 spiro atoms. The van der Waals surface area contributed by atoms with E-state index in [4.69, 9.17) is 5.10 Å². The molecule has 10 heteroatoms. The minimum atomic E-state index is -3.30. The highest BCUT2D eigenvalue weighted by Gasteiger charge is 2.52. The van der Waals surface area contributed by atoms with E-state index in [2.05, 4.69) is 17.8 Å². The molecule has 2 heterocycles. The molecule has 8 rings (SSSR count). The minimum Gasteiger partial charge on any atom is -0.312 e. The van der Waals surface area contributed by atoms with Crippen molar-refractivity contribution >= 4 is 31.3 Å². The first kappa shape index (κ1) is 30.7. The molecular formula is C35H43N3O5S2. The van der Waals surface area contributed by atoms with E-state index in [1.54, 1.807) is 24.3 Å². The number of sulfone groups is 2. The van der Waals surface area contributed by atoms with Crippen molar-refractivity contribution in [3.8, 4) is 11.1 Å². The molecule has 45 heavy (non-hydrogen) atoms. The Hall–Kier alpha value is -2.98. The number of rotatable bonds is 8. The lowest BCUT2D eigenvalue weighted by Crippen LogP contribution is -2.52. The standard InChI is InChI=1S/C35H43N3O5S2/c1-37-32(23-31(36-37)26-6-7-26)35-17-14-34(15-18-35,16-19-35)24-38(33(39)27-12-20-45(42,43)21-13-27)29-5-3-4-28(22-29)25-8-10-30(11-9-25)44(2,40)41/h3-5,8-11,22-23,26-27H,6-7,12-21,24H2,1-2H3. The number of carbonyl (C=O) groups excluding carboxylic acids is 1. The summed E-state index contributed by atoms with van der Waals surface area (Å²) >= 11 is 0. The van der Waals surface area contributed by atoms with Gasteiger partial charge in [-0.25, -0.2) is 16.8 Å². The van der Waals surface area contributed by atoms with Crippen LogP contribution in [0.25, 0.3) is 11.1 Å². The van der Waals surface area contributed by atoms with Crippen molar-refractivity contribution in [1.82, 2.24) is 9.78 Å². The number of hydrogen-bond donors (Lipinski definition) is 0. The molecule has 240 valence electrons. The first-order valence-corrected chi connectivity index (χ1v) is 20.0. The van der Waals surface area contributed by atoms with Gasteiger partial charge in [0.15, 0.2) is 9.84 Å². The molecule has 0 N–H and O–H groups in total. The van der Waals surface area contributed by atoms with E-state index in [-0.39, 0.29) is 39.1 Å². The van der Waals surface area contributed by atoms with Gasteiger partial charge in [0.25, 0.3) is 0 Å². The summed E-state index contributed by atoms with van der Waals surface area (Å²) in [6.07, 6.45) is 10.8. The Morgan fingerprint density at radius 3 is 2.16 bits per heavy atom. The first-order valence-electron chi connectivity index (χ1n) is 16.3. The van der Waals surface area contributed by atoms with Crippen LogP contribution in [0, 0.1) is 11.3 Å². The predicted molar refractivity (Wildman–Crippen MR) is 176 cm³/mol. The molecule has 5 fully saturated rings. The van der Waals surface area contributed by atoms with Gasteiger partial charge in [0.05, 0.1) is 22.1 Å². The fraction of sp³-hybridized carbons (Fsp3) is 0.543. The second kappa shape index (κ2) is 11.1. The monoisotopic (exact) mass is 649 g/mol.